The number of likely N-dealkylation sites (N-methyl/N-ethyl adjacent to an activating group) is 1. The van der Waals surface area contributed by atoms with Crippen molar-refractivity contribution in [2.75, 3.05) is 20.1 Å². The summed E-state index contributed by atoms with van der Waals surface area (Å²) in [7, 11) is 1.55. The molecule has 0 bridgehead atoms. The van der Waals surface area contributed by atoms with Crippen LogP contribution in [0.4, 0.5) is 4.79 Å². The largest absolute Gasteiger partial charge is 0.326 e. The zero-order chi connectivity index (χ0) is 17.7. The van der Waals surface area contributed by atoms with Crippen molar-refractivity contribution in [2.24, 2.45) is 0 Å². The van der Waals surface area contributed by atoms with Gasteiger partial charge >= 0.3 is 6.03 Å². The second-order valence-electron chi connectivity index (χ2n) is 5.60. The van der Waals surface area contributed by atoms with E-state index in [1.807, 2.05) is 6.07 Å². The highest BCUT2D eigenvalue weighted by molar-refractivity contribution is 6.01. The van der Waals surface area contributed by atoms with Gasteiger partial charge in [-0.2, -0.15) is 0 Å². The summed E-state index contributed by atoms with van der Waals surface area (Å²) in [5, 5.41) is 0. The van der Waals surface area contributed by atoms with Gasteiger partial charge < -0.3 is 4.90 Å². The van der Waals surface area contributed by atoms with Crippen molar-refractivity contribution in [2.45, 2.75) is 19.8 Å². The summed E-state index contributed by atoms with van der Waals surface area (Å²) >= 11 is 0. The molecular formula is C16H20N4O4. The van der Waals surface area contributed by atoms with Gasteiger partial charge in [0.1, 0.15) is 6.54 Å². The van der Waals surface area contributed by atoms with E-state index >= 15 is 0 Å². The minimum atomic E-state index is -0.395. The lowest BCUT2D eigenvalue weighted by Gasteiger charge is -2.14. The number of hydrogen-bond acceptors (Lipinski definition) is 4. The fourth-order valence-electron chi connectivity index (χ4n) is 2.37. The molecule has 0 spiro atoms. The maximum Gasteiger partial charge on any atom is 0.326 e. The Morgan fingerprint density at radius 3 is 2.50 bits per heavy atom. The maximum atomic E-state index is 11.9. The van der Waals surface area contributed by atoms with Gasteiger partial charge in [-0.3, -0.25) is 30.1 Å². The fraction of sp³-hybridized carbons (Fsp3) is 0.375. The predicted octanol–water partition coefficient (Wildman–Crippen LogP) is 0.430. The van der Waals surface area contributed by atoms with Crippen molar-refractivity contribution < 1.29 is 19.2 Å². The number of urea groups is 1. The van der Waals surface area contributed by atoms with Gasteiger partial charge in [-0.15, -0.1) is 0 Å². The molecule has 0 atom stereocenters. The standard InChI is InChI=1S/C16H20N4O4/c1-11-6-3-4-7-12(11)15(23)18-17-13(21)8-5-9-20-14(22)10-19(2)16(20)24/h3-4,6-7H,5,8-10H2,1-2H3,(H,17,21)(H,18,23). The molecule has 1 aromatic carbocycles. The van der Waals surface area contributed by atoms with Crippen LogP contribution in [-0.2, 0) is 9.59 Å². The number of benzene rings is 1. The molecule has 1 saturated heterocycles. The molecule has 24 heavy (non-hydrogen) atoms. The Morgan fingerprint density at radius 1 is 1.17 bits per heavy atom. The van der Waals surface area contributed by atoms with Gasteiger partial charge in [0.25, 0.3) is 5.91 Å². The van der Waals surface area contributed by atoms with E-state index in [-0.39, 0.29) is 37.4 Å². The lowest BCUT2D eigenvalue weighted by molar-refractivity contribution is -0.126. The fourth-order valence-corrected chi connectivity index (χ4v) is 2.37. The zero-order valence-electron chi connectivity index (χ0n) is 13.7. The van der Waals surface area contributed by atoms with Gasteiger partial charge in [-0.05, 0) is 25.0 Å². The van der Waals surface area contributed by atoms with Gasteiger partial charge in [0.05, 0.1) is 0 Å². The van der Waals surface area contributed by atoms with E-state index in [4.69, 9.17) is 0 Å². The van der Waals surface area contributed by atoms with Crippen molar-refractivity contribution in [3.63, 3.8) is 0 Å². The van der Waals surface area contributed by atoms with E-state index in [2.05, 4.69) is 10.9 Å². The number of hydrogen-bond donors (Lipinski definition) is 2. The topological polar surface area (TPSA) is 98.8 Å². The van der Waals surface area contributed by atoms with Crippen molar-refractivity contribution in [1.82, 2.24) is 20.7 Å². The van der Waals surface area contributed by atoms with E-state index in [0.717, 1.165) is 10.5 Å². The zero-order valence-corrected chi connectivity index (χ0v) is 13.7. The third kappa shape index (κ3) is 4.09. The molecule has 128 valence electrons. The smallest absolute Gasteiger partial charge is 0.318 e. The number of carbonyl (C=O) groups is 4. The minimum Gasteiger partial charge on any atom is -0.318 e. The Bertz CT molecular complexity index is 674. The van der Waals surface area contributed by atoms with Crippen LogP contribution in [0.2, 0.25) is 0 Å². The van der Waals surface area contributed by atoms with Gasteiger partial charge in [-0.25, -0.2) is 4.79 Å². The molecule has 8 heteroatoms. The second-order valence-corrected chi connectivity index (χ2v) is 5.60. The number of hydrazine groups is 1. The molecule has 1 fully saturated rings. The minimum absolute atomic E-state index is 0.0670. The van der Waals surface area contributed by atoms with Crippen molar-refractivity contribution in [1.29, 1.82) is 0 Å². The highest BCUT2D eigenvalue weighted by atomic mass is 16.2. The summed E-state index contributed by atoms with van der Waals surface area (Å²) in [5.74, 6) is -1.05. The van der Waals surface area contributed by atoms with Crippen LogP contribution in [0.25, 0.3) is 0 Å². The molecule has 0 unspecified atom stereocenters. The number of nitrogens with zero attached hydrogens (tertiary/aromatic N) is 2. The summed E-state index contributed by atoms with van der Waals surface area (Å²) < 4.78 is 0. The second kappa shape index (κ2) is 7.58. The van der Waals surface area contributed by atoms with Crippen LogP contribution in [0.5, 0.6) is 0 Å². The van der Waals surface area contributed by atoms with E-state index in [1.54, 1.807) is 32.2 Å². The van der Waals surface area contributed by atoms with Crippen LogP contribution >= 0.6 is 0 Å². The molecule has 1 aliphatic heterocycles. The summed E-state index contributed by atoms with van der Waals surface area (Å²) in [6.07, 6.45) is 0.423. The number of amides is 5. The van der Waals surface area contributed by atoms with E-state index in [1.165, 1.54) is 4.90 Å². The van der Waals surface area contributed by atoms with Crippen molar-refractivity contribution >= 4 is 23.8 Å². The molecule has 0 aromatic heterocycles. The Hall–Kier alpha value is -2.90. The molecule has 2 N–H and O–H groups in total. The number of rotatable bonds is 5. The summed E-state index contributed by atoms with van der Waals surface area (Å²) in [6, 6.07) is 6.68. The first-order chi connectivity index (χ1) is 11.4. The van der Waals surface area contributed by atoms with Crippen LogP contribution in [0.15, 0.2) is 24.3 Å². The van der Waals surface area contributed by atoms with E-state index in [9.17, 15) is 19.2 Å². The first-order valence-corrected chi connectivity index (χ1v) is 7.60. The molecule has 0 aliphatic carbocycles. The Morgan fingerprint density at radius 2 is 1.88 bits per heavy atom. The average molecular weight is 332 g/mol. The summed E-state index contributed by atoms with van der Waals surface area (Å²) in [5.41, 5.74) is 5.96. The monoisotopic (exact) mass is 332 g/mol. The summed E-state index contributed by atoms with van der Waals surface area (Å²) in [4.78, 5) is 49.4. The van der Waals surface area contributed by atoms with Gasteiger partial charge in [-0.1, -0.05) is 18.2 Å². The lowest BCUT2D eigenvalue weighted by atomic mass is 10.1. The predicted molar refractivity (Wildman–Crippen MR) is 85.8 cm³/mol. The molecule has 8 nitrogen and oxygen atoms in total. The molecule has 0 radical (unpaired) electrons. The highest BCUT2D eigenvalue weighted by Gasteiger charge is 2.32. The van der Waals surface area contributed by atoms with Gasteiger partial charge in [0, 0.05) is 25.6 Å². The van der Waals surface area contributed by atoms with Gasteiger partial charge in [0.15, 0.2) is 0 Å². The average Bonchev–Trinajstić information content (AvgIpc) is 2.79. The molecule has 0 saturated carbocycles. The number of carbonyl (C=O) groups excluding carboxylic acids is 4. The third-order valence-corrected chi connectivity index (χ3v) is 3.72. The maximum absolute atomic E-state index is 11.9. The number of aryl methyl sites for hydroxylation is 1. The molecule has 2 rings (SSSR count). The van der Waals surface area contributed by atoms with Crippen LogP contribution < -0.4 is 10.9 Å². The van der Waals surface area contributed by atoms with Gasteiger partial charge in [0.2, 0.25) is 11.8 Å². The molecular weight excluding hydrogens is 312 g/mol. The Kier molecular flexibility index (Phi) is 5.51. The lowest BCUT2D eigenvalue weighted by Crippen LogP contribution is -2.42. The van der Waals surface area contributed by atoms with Crippen LogP contribution in [-0.4, -0.2) is 53.7 Å². The van der Waals surface area contributed by atoms with Crippen molar-refractivity contribution in [3.05, 3.63) is 35.4 Å². The van der Waals surface area contributed by atoms with Crippen LogP contribution in [0.3, 0.4) is 0 Å². The molecule has 1 aliphatic rings. The van der Waals surface area contributed by atoms with Crippen LogP contribution in [0, 0.1) is 6.92 Å². The van der Waals surface area contributed by atoms with Crippen molar-refractivity contribution in [3.8, 4) is 0 Å². The quantitative estimate of drug-likeness (QED) is 0.603. The van der Waals surface area contributed by atoms with Crippen LogP contribution in [0.1, 0.15) is 28.8 Å². The summed E-state index contributed by atoms with van der Waals surface area (Å²) in [6.45, 7) is 2.05. The van der Waals surface area contributed by atoms with E-state index in [0.29, 0.717) is 12.0 Å². The first kappa shape index (κ1) is 17.5. The van der Waals surface area contributed by atoms with E-state index < -0.39 is 5.91 Å². The molecule has 5 amide bonds. The SMILES string of the molecule is Cc1ccccc1C(=O)NNC(=O)CCCN1C(=O)CN(C)C1=O. The number of nitrogens with one attached hydrogen (secondary N) is 2. The molecule has 1 heterocycles. The Balaban J connectivity index is 1.72. The normalized spacial score (nSPS) is 14.1. The number of imide groups is 1. The first-order valence-electron chi connectivity index (χ1n) is 7.60. The highest BCUT2D eigenvalue weighted by Crippen LogP contribution is 2.09. The Labute approximate surface area is 139 Å². The third-order valence-electron chi connectivity index (χ3n) is 3.72. The molecule has 1 aromatic rings.